The third kappa shape index (κ3) is 2.50. The average molecular weight is 290 g/mol. The van der Waals surface area contributed by atoms with Gasteiger partial charge in [-0.25, -0.2) is 13.1 Å². The largest absolute Gasteiger partial charge is 0.481 e. The Balaban J connectivity index is 2.14. The monoisotopic (exact) mass is 289 g/mol. The zero-order valence-corrected chi connectivity index (χ0v) is 11.0. The molecule has 18 heavy (non-hydrogen) atoms. The van der Waals surface area contributed by atoms with E-state index in [2.05, 4.69) is 4.72 Å². The fourth-order valence-electron chi connectivity index (χ4n) is 1.59. The van der Waals surface area contributed by atoms with Crippen molar-refractivity contribution in [1.82, 2.24) is 4.72 Å². The van der Waals surface area contributed by atoms with Gasteiger partial charge in [0.25, 0.3) is 0 Å². The molecule has 0 bridgehead atoms. The van der Waals surface area contributed by atoms with E-state index in [9.17, 15) is 13.2 Å². The average Bonchev–Trinajstić information content (AvgIpc) is 3.08. The molecule has 0 saturated heterocycles. The third-order valence-corrected chi connectivity index (χ3v) is 4.94. The van der Waals surface area contributed by atoms with Gasteiger partial charge in [0.15, 0.2) is 0 Å². The maximum absolute atomic E-state index is 12.0. The van der Waals surface area contributed by atoms with Crippen LogP contribution in [0.5, 0.6) is 0 Å². The third-order valence-electron chi connectivity index (χ3n) is 3.03. The SMILES string of the molecule is O=C(O)C1(CNS(=O)(=O)c2ccccc2Cl)CC1. The van der Waals surface area contributed by atoms with Crippen LogP contribution in [-0.2, 0) is 14.8 Å². The van der Waals surface area contributed by atoms with E-state index < -0.39 is 21.4 Å². The first-order valence-electron chi connectivity index (χ1n) is 5.35. The molecule has 0 aromatic heterocycles. The fourth-order valence-corrected chi connectivity index (χ4v) is 3.24. The van der Waals surface area contributed by atoms with Crippen LogP contribution in [0.2, 0.25) is 5.02 Å². The van der Waals surface area contributed by atoms with Crippen LogP contribution in [-0.4, -0.2) is 26.0 Å². The van der Waals surface area contributed by atoms with E-state index in [-0.39, 0.29) is 16.5 Å². The first-order valence-corrected chi connectivity index (χ1v) is 7.21. The standard InChI is InChI=1S/C11H12ClNO4S/c12-8-3-1-2-4-9(8)18(16,17)13-7-11(5-6-11)10(14)15/h1-4,13H,5-7H2,(H,14,15). The van der Waals surface area contributed by atoms with Crippen LogP contribution < -0.4 is 4.72 Å². The summed E-state index contributed by atoms with van der Waals surface area (Å²) < 4.78 is 26.2. The Morgan fingerprint density at radius 3 is 2.50 bits per heavy atom. The second kappa shape index (κ2) is 4.53. The van der Waals surface area contributed by atoms with E-state index in [0.717, 1.165) is 0 Å². The summed E-state index contributed by atoms with van der Waals surface area (Å²) in [5.41, 5.74) is -0.936. The number of carboxylic acids is 1. The zero-order chi connectivity index (χ0) is 13.4. The van der Waals surface area contributed by atoms with Gasteiger partial charge in [-0.05, 0) is 25.0 Å². The molecule has 98 valence electrons. The van der Waals surface area contributed by atoms with Gasteiger partial charge >= 0.3 is 5.97 Å². The van der Waals surface area contributed by atoms with E-state index in [1.165, 1.54) is 12.1 Å². The Morgan fingerprint density at radius 1 is 1.39 bits per heavy atom. The number of hydrogen-bond donors (Lipinski definition) is 2. The molecule has 1 fully saturated rings. The maximum Gasteiger partial charge on any atom is 0.310 e. The molecule has 0 amide bonds. The number of carbonyl (C=O) groups is 1. The molecule has 1 aliphatic rings. The Hall–Kier alpha value is -1.11. The highest BCUT2D eigenvalue weighted by molar-refractivity contribution is 7.89. The van der Waals surface area contributed by atoms with E-state index in [1.807, 2.05) is 0 Å². The molecule has 2 N–H and O–H groups in total. The number of carboxylic acid groups (broad SMARTS) is 1. The van der Waals surface area contributed by atoms with Gasteiger partial charge < -0.3 is 5.11 Å². The minimum absolute atomic E-state index is 0.0344. The van der Waals surface area contributed by atoms with Crippen molar-refractivity contribution < 1.29 is 18.3 Å². The molecule has 1 aromatic carbocycles. The minimum atomic E-state index is -3.76. The molecule has 0 radical (unpaired) electrons. The molecule has 0 aliphatic heterocycles. The van der Waals surface area contributed by atoms with E-state index in [0.29, 0.717) is 12.8 Å². The summed E-state index contributed by atoms with van der Waals surface area (Å²) in [4.78, 5) is 10.9. The first kappa shape index (κ1) is 13.3. The first-order chi connectivity index (χ1) is 8.37. The highest BCUT2D eigenvalue weighted by Gasteiger charge is 2.50. The lowest BCUT2D eigenvalue weighted by molar-refractivity contribution is -0.143. The lowest BCUT2D eigenvalue weighted by Gasteiger charge is -2.12. The van der Waals surface area contributed by atoms with Crippen LogP contribution in [0.15, 0.2) is 29.2 Å². The van der Waals surface area contributed by atoms with Gasteiger partial charge in [-0.3, -0.25) is 4.79 Å². The Bertz CT molecular complexity index is 580. The maximum atomic E-state index is 12.0. The van der Waals surface area contributed by atoms with Crippen molar-refractivity contribution >= 4 is 27.6 Å². The number of nitrogens with one attached hydrogen (secondary N) is 1. The Labute approximate surface area is 110 Å². The quantitative estimate of drug-likeness (QED) is 0.860. The summed E-state index contributed by atoms with van der Waals surface area (Å²) >= 11 is 5.80. The Kier molecular flexibility index (Phi) is 3.35. The molecule has 1 saturated carbocycles. The van der Waals surface area contributed by atoms with Gasteiger partial charge in [0.05, 0.1) is 10.4 Å². The number of aliphatic carboxylic acids is 1. The normalized spacial score (nSPS) is 17.4. The molecule has 0 spiro atoms. The summed E-state index contributed by atoms with van der Waals surface area (Å²) in [7, 11) is -3.76. The molecular formula is C11H12ClNO4S. The Morgan fingerprint density at radius 2 is 2.00 bits per heavy atom. The van der Waals surface area contributed by atoms with Gasteiger partial charge in [-0.2, -0.15) is 0 Å². The van der Waals surface area contributed by atoms with Crippen LogP contribution in [0, 0.1) is 5.41 Å². The predicted octanol–water partition coefficient (Wildman–Crippen LogP) is 1.48. The van der Waals surface area contributed by atoms with E-state index in [1.54, 1.807) is 12.1 Å². The van der Waals surface area contributed by atoms with Gasteiger partial charge in [0.1, 0.15) is 4.90 Å². The molecule has 1 aromatic rings. The van der Waals surface area contributed by atoms with Crippen LogP contribution in [0.25, 0.3) is 0 Å². The summed E-state index contributed by atoms with van der Waals surface area (Å²) in [6, 6.07) is 6.04. The van der Waals surface area contributed by atoms with Crippen LogP contribution >= 0.6 is 11.6 Å². The lowest BCUT2D eigenvalue weighted by Crippen LogP contribution is -2.34. The highest BCUT2D eigenvalue weighted by atomic mass is 35.5. The van der Waals surface area contributed by atoms with Gasteiger partial charge in [-0.15, -0.1) is 0 Å². The summed E-state index contributed by atoms with van der Waals surface area (Å²) in [6.07, 6.45) is 0.987. The molecule has 7 heteroatoms. The second-order valence-corrected chi connectivity index (χ2v) is 6.48. The molecular weight excluding hydrogens is 278 g/mol. The number of rotatable bonds is 5. The van der Waals surface area contributed by atoms with Gasteiger partial charge in [-0.1, -0.05) is 23.7 Å². The van der Waals surface area contributed by atoms with Crippen molar-refractivity contribution in [2.24, 2.45) is 5.41 Å². The molecule has 2 rings (SSSR count). The predicted molar refractivity (Wildman–Crippen MR) is 65.9 cm³/mol. The molecule has 1 aliphatic carbocycles. The molecule has 5 nitrogen and oxygen atoms in total. The highest BCUT2D eigenvalue weighted by Crippen LogP contribution is 2.45. The van der Waals surface area contributed by atoms with Crippen molar-refractivity contribution in [3.8, 4) is 0 Å². The van der Waals surface area contributed by atoms with E-state index in [4.69, 9.17) is 16.7 Å². The van der Waals surface area contributed by atoms with Crippen molar-refractivity contribution in [3.05, 3.63) is 29.3 Å². The molecule has 0 unspecified atom stereocenters. The number of halogens is 1. The van der Waals surface area contributed by atoms with Gasteiger partial charge in [0, 0.05) is 6.54 Å². The summed E-state index contributed by atoms with van der Waals surface area (Å²) in [6.45, 7) is -0.101. The number of benzene rings is 1. The van der Waals surface area contributed by atoms with Crippen LogP contribution in [0.4, 0.5) is 0 Å². The molecule has 0 heterocycles. The fraction of sp³-hybridized carbons (Fsp3) is 0.364. The number of hydrogen-bond acceptors (Lipinski definition) is 3. The zero-order valence-electron chi connectivity index (χ0n) is 9.39. The van der Waals surface area contributed by atoms with Crippen molar-refractivity contribution in [3.63, 3.8) is 0 Å². The van der Waals surface area contributed by atoms with Crippen molar-refractivity contribution in [2.75, 3.05) is 6.54 Å². The van der Waals surface area contributed by atoms with Crippen LogP contribution in [0.3, 0.4) is 0 Å². The van der Waals surface area contributed by atoms with Crippen LogP contribution in [0.1, 0.15) is 12.8 Å². The minimum Gasteiger partial charge on any atom is -0.481 e. The smallest absolute Gasteiger partial charge is 0.310 e. The number of sulfonamides is 1. The summed E-state index contributed by atoms with van der Waals surface area (Å²) in [5, 5.41) is 9.08. The van der Waals surface area contributed by atoms with Crippen molar-refractivity contribution in [2.45, 2.75) is 17.7 Å². The second-order valence-electron chi connectivity index (χ2n) is 4.34. The van der Waals surface area contributed by atoms with E-state index >= 15 is 0 Å². The van der Waals surface area contributed by atoms with Gasteiger partial charge in [0.2, 0.25) is 10.0 Å². The topological polar surface area (TPSA) is 83.5 Å². The summed E-state index contributed by atoms with van der Waals surface area (Å²) in [5.74, 6) is -0.968. The molecule has 0 atom stereocenters. The lowest BCUT2D eigenvalue weighted by atomic mass is 10.1. The van der Waals surface area contributed by atoms with Crippen molar-refractivity contribution in [1.29, 1.82) is 0 Å².